The first kappa shape index (κ1) is 12.3. The SMILES string of the molecule is Cc1cc(C)cc(C(C)NCc2cscn2)c1. The number of aryl methyl sites for hydroxylation is 2. The van der Waals surface area contributed by atoms with Gasteiger partial charge in [-0.25, -0.2) is 4.98 Å². The molecule has 0 saturated heterocycles. The van der Waals surface area contributed by atoms with E-state index in [4.69, 9.17) is 0 Å². The first-order valence-corrected chi connectivity index (χ1v) is 6.78. The van der Waals surface area contributed by atoms with Crippen molar-refractivity contribution in [2.45, 2.75) is 33.4 Å². The maximum Gasteiger partial charge on any atom is 0.0795 e. The number of nitrogens with one attached hydrogen (secondary N) is 1. The van der Waals surface area contributed by atoms with Gasteiger partial charge in [0.05, 0.1) is 11.2 Å². The molecule has 17 heavy (non-hydrogen) atoms. The van der Waals surface area contributed by atoms with Crippen molar-refractivity contribution in [1.82, 2.24) is 10.3 Å². The second kappa shape index (κ2) is 5.43. The Kier molecular flexibility index (Phi) is 3.92. The summed E-state index contributed by atoms with van der Waals surface area (Å²) >= 11 is 1.64. The van der Waals surface area contributed by atoms with Crippen molar-refractivity contribution in [3.8, 4) is 0 Å². The summed E-state index contributed by atoms with van der Waals surface area (Å²) < 4.78 is 0. The topological polar surface area (TPSA) is 24.9 Å². The van der Waals surface area contributed by atoms with E-state index in [1.165, 1.54) is 16.7 Å². The molecule has 0 radical (unpaired) electrons. The molecule has 1 atom stereocenters. The third-order valence-electron chi connectivity index (χ3n) is 2.82. The Morgan fingerprint density at radius 3 is 2.53 bits per heavy atom. The maximum atomic E-state index is 4.27. The van der Waals surface area contributed by atoms with Crippen molar-refractivity contribution in [2.75, 3.05) is 0 Å². The maximum absolute atomic E-state index is 4.27. The molecule has 2 rings (SSSR count). The molecule has 90 valence electrons. The predicted octanol–water partition coefficient (Wildman–Crippen LogP) is 3.61. The number of thiazole rings is 1. The molecule has 1 unspecified atom stereocenters. The molecule has 0 bridgehead atoms. The molecule has 0 spiro atoms. The van der Waals surface area contributed by atoms with Gasteiger partial charge in [-0.2, -0.15) is 0 Å². The lowest BCUT2D eigenvalue weighted by molar-refractivity contribution is 0.568. The van der Waals surface area contributed by atoms with E-state index in [0.717, 1.165) is 12.2 Å². The third-order valence-corrected chi connectivity index (χ3v) is 3.45. The number of hydrogen-bond acceptors (Lipinski definition) is 3. The quantitative estimate of drug-likeness (QED) is 0.891. The zero-order valence-corrected chi connectivity index (χ0v) is 11.3. The minimum atomic E-state index is 0.357. The van der Waals surface area contributed by atoms with Crippen molar-refractivity contribution >= 4 is 11.3 Å². The fraction of sp³-hybridized carbons (Fsp3) is 0.357. The molecule has 0 fully saturated rings. The summed E-state index contributed by atoms with van der Waals surface area (Å²) in [6.07, 6.45) is 0. The summed E-state index contributed by atoms with van der Waals surface area (Å²) in [7, 11) is 0. The van der Waals surface area contributed by atoms with Crippen LogP contribution in [-0.2, 0) is 6.54 Å². The molecule has 1 aromatic heterocycles. The Morgan fingerprint density at radius 1 is 1.24 bits per heavy atom. The highest BCUT2D eigenvalue weighted by Crippen LogP contribution is 2.17. The molecule has 1 heterocycles. The summed E-state index contributed by atoms with van der Waals surface area (Å²) in [5.41, 5.74) is 6.98. The molecule has 0 aliphatic carbocycles. The van der Waals surface area contributed by atoms with Crippen LogP contribution in [0.15, 0.2) is 29.1 Å². The number of benzene rings is 1. The van der Waals surface area contributed by atoms with Gasteiger partial charge in [0.2, 0.25) is 0 Å². The van der Waals surface area contributed by atoms with Gasteiger partial charge < -0.3 is 5.32 Å². The average molecular weight is 246 g/mol. The zero-order chi connectivity index (χ0) is 12.3. The molecular formula is C14H18N2S. The molecule has 2 nitrogen and oxygen atoms in total. The lowest BCUT2D eigenvalue weighted by Crippen LogP contribution is -2.18. The van der Waals surface area contributed by atoms with Crippen LogP contribution in [0.4, 0.5) is 0 Å². The van der Waals surface area contributed by atoms with E-state index in [1.807, 2.05) is 5.51 Å². The van der Waals surface area contributed by atoms with Crippen LogP contribution in [0, 0.1) is 13.8 Å². The molecule has 1 N–H and O–H groups in total. The van der Waals surface area contributed by atoms with Crippen LogP contribution in [0.1, 0.15) is 35.3 Å². The number of aromatic nitrogens is 1. The highest BCUT2D eigenvalue weighted by atomic mass is 32.1. The summed E-state index contributed by atoms with van der Waals surface area (Å²) in [4.78, 5) is 4.27. The molecule has 0 amide bonds. The van der Waals surface area contributed by atoms with Crippen LogP contribution < -0.4 is 5.32 Å². The first-order valence-electron chi connectivity index (χ1n) is 5.84. The zero-order valence-electron chi connectivity index (χ0n) is 10.5. The minimum Gasteiger partial charge on any atom is -0.305 e. The summed E-state index contributed by atoms with van der Waals surface area (Å²) in [6.45, 7) is 7.31. The normalized spacial score (nSPS) is 12.6. The van der Waals surface area contributed by atoms with Gasteiger partial charge in [-0.05, 0) is 26.3 Å². The van der Waals surface area contributed by atoms with Crippen molar-refractivity contribution < 1.29 is 0 Å². The minimum absolute atomic E-state index is 0.357. The van der Waals surface area contributed by atoms with E-state index in [9.17, 15) is 0 Å². The van der Waals surface area contributed by atoms with E-state index >= 15 is 0 Å². The number of rotatable bonds is 4. The Hall–Kier alpha value is -1.19. The smallest absolute Gasteiger partial charge is 0.0795 e. The van der Waals surface area contributed by atoms with Gasteiger partial charge >= 0.3 is 0 Å². The van der Waals surface area contributed by atoms with E-state index in [-0.39, 0.29) is 0 Å². The monoisotopic (exact) mass is 246 g/mol. The average Bonchev–Trinajstić information content (AvgIpc) is 2.77. The largest absolute Gasteiger partial charge is 0.305 e. The van der Waals surface area contributed by atoms with Crippen LogP contribution in [0.5, 0.6) is 0 Å². The van der Waals surface area contributed by atoms with E-state index < -0.39 is 0 Å². The van der Waals surface area contributed by atoms with Gasteiger partial charge in [0.1, 0.15) is 0 Å². The summed E-state index contributed by atoms with van der Waals surface area (Å²) in [5, 5.41) is 5.58. The van der Waals surface area contributed by atoms with Gasteiger partial charge in [-0.3, -0.25) is 0 Å². The Labute approximate surface area is 107 Å². The van der Waals surface area contributed by atoms with Crippen molar-refractivity contribution in [2.24, 2.45) is 0 Å². The fourth-order valence-corrected chi connectivity index (χ4v) is 2.52. The highest BCUT2D eigenvalue weighted by Gasteiger charge is 2.06. The van der Waals surface area contributed by atoms with Gasteiger partial charge in [0, 0.05) is 18.0 Å². The molecule has 2 aromatic rings. The molecule has 1 aromatic carbocycles. The van der Waals surface area contributed by atoms with Crippen LogP contribution in [0.2, 0.25) is 0 Å². The van der Waals surface area contributed by atoms with Crippen molar-refractivity contribution in [1.29, 1.82) is 0 Å². The second-order valence-electron chi connectivity index (χ2n) is 4.50. The van der Waals surface area contributed by atoms with Crippen LogP contribution in [0.25, 0.3) is 0 Å². The highest BCUT2D eigenvalue weighted by molar-refractivity contribution is 7.07. The van der Waals surface area contributed by atoms with Gasteiger partial charge in [-0.1, -0.05) is 29.3 Å². The lowest BCUT2D eigenvalue weighted by atomic mass is 10.0. The van der Waals surface area contributed by atoms with E-state index in [0.29, 0.717) is 6.04 Å². The molecular weight excluding hydrogens is 228 g/mol. The molecule has 0 saturated carbocycles. The van der Waals surface area contributed by atoms with Crippen molar-refractivity contribution in [3.05, 3.63) is 51.5 Å². The fourth-order valence-electron chi connectivity index (χ4n) is 1.96. The Balaban J connectivity index is 2.01. The second-order valence-corrected chi connectivity index (χ2v) is 5.22. The molecule has 3 heteroatoms. The summed E-state index contributed by atoms with van der Waals surface area (Å²) in [5.74, 6) is 0. The van der Waals surface area contributed by atoms with Crippen molar-refractivity contribution in [3.63, 3.8) is 0 Å². The standard InChI is InChI=1S/C14H18N2S/c1-10-4-11(2)6-13(5-10)12(3)15-7-14-8-17-9-16-14/h4-6,8-9,12,15H,7H2,1-3H3. The van der Waals surface area contributed by atoms with E-state index in [1.54, 1.807) is 11.3 Å². The third kappa shape index (κ3) is 3.38. The molecule has 0 aliphatic rings. The van der Waals surface area contributed by atoms with E-state index in [2.05, 4.69) is 54.7 Å². The number of hydrogen-bond donors (Lipinski definition) is 1. The van der Waals surface area contributed by atoms with Crippen LogP contribution >= 0.6 is 11.3 Å². The number of nitrogens with zero attached hydrogens (tertiary/aromatic N) is 1. The van der Waals surface area contributed by atoms with Gasteiger partial charge in [0.15, 0.2) is 0 Å². The van der Waals surface area contributed by atoms with Crippen LogP contribution in [-0.4, -0.2) is 4.98 Å². The molecule has 0 aliphatic heterocycles. The van der Waals surface area contributed by atoms with Gasteiger partial charge in [0.25, 0.3) is 0 Å². The van der Waals surface area contributed by atoms with Crippen LogP contribution in [0.3, 0.4) is 0 Å². The Morgan fingerprint density at radius 2 is 1.94 bits per heavy atom. The predicted molar refractivity (Wildman–Crippen MR) is 73.3 cm³/mol. The van der Waals surface area contributed by atoms with Gasteiger partial charge in [-0.15, -0.1) is 11.3 Å². The first-order chi connectivity index (χ1) is 8.15. The Bertz CT molecular complexity index is 457. The lowest BCUT2D eigenvalue weighted by Gasteiger charge is -2.15. The summed E-state index contributed by atoms with van der Waals surface area (Å²) in [6, 6.07) is 7.05.